The molecule has 0 spiro atoms. The summed E-state index contributed by atoms with van der Waals surface area (Å²) in [5.74, 6) is -3.74. The lowest BCUT2D eigenvalue weighted by Gasteiger charge is -2.16. The van der Waals surface area contributed by atoms with Crippen LogP contribution in [0.25, 0.3) is 0 Å². The Morgan fingerprint density at radius 1 is 1.18 bits per heavy atom. The van der Waals surface area contributed by atoms with Gasteiger partial charge in [0.2, 0.25) is 10.0 Å². The number of carbonyl (C=O) groups is 1. The van der Waals surface area contributed by atoms with E-state index in [0.717, 1.165) is 21.1 Å². The number of rotatable bonds is 8. The number of nitrogens with one attached hydrogen (secondary N) is 3. The van der Waals surface area contributed by atoms with Gasteiger partial charge in [-0.2, -0.15) is 12.7 Å². The average Bonchev–Trinajstić information content (AvgIpc) is 3.33. The lowest BCUT2D eigenvalue weighted by atomic mass is 10.2. The van der Waals surface area contributed by atoms with Crippen molar-refractivity contribution >= 4 is 31.8 Å². The van der Waals surface area contributed by atoms with Crippen molar-refractivity contribution in [2.45, 2.75) is 23.8 Å². The Labute approximate surface area is 193 Å². The zero-order valence-corrected chi connectivity index (χ0v) is 19.5. The van der Waals surface area contributed by atoms with Crippen molar-refractivity contribution in [3.63, 3.8) is 0 Å². The molecule has 1 aliphatic heterocycles. The molecule has 1 saturated heterocycles. The fourth-order valence-electron chi connectivity index (χ4n) is 3.45. The van der Waals surface area contributed by atoms with Crippen LogP contribution in [0.4, 0.5) is 23.2 Å². The number of benzene rings is 1. The average molecular weight is 528 g/mol. The third kappa shape index (κ3) is 5.25. The summed E-state index contributed by atoms with van der Waals surface area (Å²) in [5.41, 5.74) is -1.93. The summed E-state index contributed by atoms with van der Waals surface area (Å²) >= 11 is 0. The highest BCUT2D eigenvalue weighted by molar-refractivity contribution is 7.89. The predicted octanol–water partition coefficient (Wildman–Crippen LogP) is 1.31. The topological polar surface area (TPSA) is 130 Å². The van der Waals surface area contributed by atoms with Crippen LogP contribution in [-0.2, 0) is 27.3 Å². The lowest BCUT2D eigenvalue weighted by Crippen LogP contribution is -2.41. The number of anilines is 1. The SMILES string of the molecule is CNS(=O)(=O)N1CC[C@@H](NS(=O)(=O)c2cn(C)c(C(=O)Nc3ccc(F)c(C(F)F)c3)c2F)C1. The Hall–Kier alpha value is -2.53. The van der Waals surface area contributed by atoms with Crippen LogP contribution in [0.5, 0.6) is 0 Å². The summed E-state index contributed by atoms with van der Waals surface area (Å²) in [6.45, 7) is -0.138. The molecule has 2 heterocycles. The maximum Gasteiger partial charge on any atom is 0.279 e. The molecular weight excluding hydrogens is 506 g/mol. The Morgan fingerprint density at radius 2 is 1.85 bits per heavy atom. The Balaban J connectivity index is 1.81. The quantitative estimate of drug-likeness (QED) is 0.446. The van der Waals surface area contributed by atoms with E-state index in [1.54, 1.807) is 0 Å². The van der Waals surface area contributed by atoms with Gasteiger partial charge in [-0.1, -0.05) is 0 Å². The minimum absolute atomic E-state index is 0.0412. The zero-order chi connectivity index (χ0) is 25.4. The van der Waals surface area contributed by atoms with Crippen LogP contribution in [0.3, 0.4) is 0 Å². The van der Waals surface area contributed by atoms with Crippen LogP contribution >= 0.6 is 0 Å². The molecule has 1 aliphatic rings. The molecule has 1 fully saturated rings. The van der Waals surface area contributed by atoms with Crippen molar-refractivity contribution < 1.29 is 39.2 Å². The van der Waals surface area contributed by atoms with Gasteiger partial charge in [-0.15, -0.1) is 0 Å². The van der Waals surface area contributed by atoms with E-state index in [9.17, 15) is 34.8 Å². The first kappa shape index (κ1) is 26.1. The molecule has 3 rings (SSSR count). The molecule has 0 saturated carbocycles. The molecule has 1 atom stereocenters. The maximum atomic E-state index is 15.0. The van der Waals surface area contributed by atoms with E-state index in [0.29, 0.717) is 12.1 Å². The summed E-state index contributed by atoms with van der Waals surface area (Å²) in [6, 6.07) is 1.54. The minimum atomic E-state index is -4.50. The molecule has 34 heavy (non-hydrogen) atoms. The summed E-state index contributed by atoms with van der Waals surface area (Å²) in [4.78, 5) is 11.7. The molecule has 1 amide bonds. The molecule has 2 aromatic rings. The molecule has 0 aliphatic carbocycles. The number of aryl methyl sites for hydroxylation is 1. The van der Waals surface area contributed by atoms with E-state index in [1.807, 2.05) is 0 Å². The van der Waals surface area contributed by atoms with Gasteiger partial charge in [-0.3, -0.25) is 4.79 Å². The highest BCUT2D eigenvalue weighted by Gasteiger charge is 2.35. The molecule has 3 N–H and O–H groups in total. The standard InChI is InChI=1S/C18H21F4N5O5S2/c1-23-34(31,32)27-6-5-11(8-27)25-33(29,30)14-9-26(2)16(15(14)20)18(28)24-10-3-4-13(19)12(7-10)17(21)22/h3-4,7,9,11,17,23,25H,5-6,8H2,1-2H3,(H,24,28)/t11-/m1/s1. The molecule has 10 nitrogen and oxygen atoms in total. The van der Waals surface area contributed by atoms with Gasteiger partial charge in [-0.05, 0) is 24.6 Å². The smallest absolute Gasteiger partial charge is 0.279 e. The van der Waals surface area contributed by atoms with Gasteiger partial charge >= 0.3 is 0 Å². The maximum absolute atomic E-state index is 15.0. The number of halogens is 4. The Morgan fingerprint density at radius 3 is 2.47 bits per heavy atom. The van der Waals surface area contributed by atoms with E-state index in [1.165, 1.54) is 14.1 Å². The van der Waals surface area contributed by atoms with Crippen molar-refractivity contribution in [3.8, 4) is 0 Å². The Kier molecular flexibility index (Phi) is 7.37. The van der Waals surface area contributed by atoms with Crippen LogP contribution in [0, 0.1) is 11.6 Å². The van der Waals surface area contributed by atoms with Crippen LogP contribution in [0.2, 0.25) is 0 Å². The van der Waals surface area contributed by atoms with Gasteiger partial charge in [-0.25, -0.2) is 35.4 Å². The van der Waals surface area contributed by atoms with Crippen molar-refractivity contribution in [2.24, 2.45) is 7.05 Å². The number of hydrogen-bond donors (Lipinski definition) is 3. The number of sulfonamides is 1. The normalized spacial score (nSPS) is 17.4. The van der Waals surface area contributed by atoms with Gasteiger partial charge in [0.25, 0.3) is 22.5 Å². The first-order chi connectivity index (χ1) is 15.8. The molecule has 0 unspecified atom stereocenters. The molecule has 0 radical (unpaired) electrons. The second-order valence-corrected chi connectivity index (χ2v) is 11.0. The third-order valence-corrected chi connectivity index (χ3v) is 8.19. The van der Waals surface area contributed by atoms with Gasteiger partial charge in [0, 0.05) is 45.1 Å². The van der Waals surface area contributed by atoms with Crippen molar-refractivity contribution in [1.29, 1.82) is 0 Å². The third-order valence-electron chi connectivity index (χ3n) is 5.15. The minimum Gasteiger partial charge on any atom is -0.343 e. The molecule has 16 heteroatoms. The number of aromatic nitrogens is 1. The molecule has 1 aromatic heterocycles. The van der Waals surface area contributed by atoms with Crippen molar-refractivity contribution in [1.82, 2.24) is 18.3 Å². The van der Waals surface area contributed by atoms with E-state index >= 15 is 4.39 Å². The van der Waals surface area contributed by atoms with Gasteiger partial charge in [0.1, 0.15) is 16.4 Å². The second kappa shape index (κ2) is 9.61. The molecular formula is C18H21F4N5O5S2. The van der Waals surface area contributed by atoms with Gasteiger partial charge in [0.05, 0.1) is 5.56 Å². The van der Waals surface area contributed by atoms with E-state index in [4.69, 9.17) is 0 Å². The highest BCUT2D eigenvalue weighted by atomic mass is 32.2. The fourth-order valence-corrected chi connectivity index (χ4v) is 5.82. The Bertz CT molecular complexity index is 1310. The summed E-state index contributed by atoms with van der Waals surface area (Å²) < 4.78 is 110. The van der Waals surface area contributed by atoms with Crippen LogP contribution in [0.1, 0.15) is 28.9 Å². The number of amides is 1. The number of carbonyl (C=O) groups excluding carboxylic acids is 1. The van der Waals surface area contributed by atoms with Gasteiger partial charge < -0.3 is 9.88 Å². The van der Waals surface area contributed by atoms with E-state index in [-0.39, 0.29) is 25.2 Å². The summed E-state index contributed by atoms with van der Waals surface area (Å²) in [6.07, 6.45) is -2.17. The number of nitrogens with zero attached hydrogens (tertiary/aromatic N) is 2. The summed E-state index contributed by atoms with van der Waals surface area (Å²) in [7, 11) is -5.86. The number of hydrogen-bond acceptors (Lipinski definition) is 5. The number of alkyl halides is 2. The fraction of sp³-hybridized carbons (Fsp3) is 0.389. The van der Waals surface area contributed by atoms with Crippen molar-refractivity contribution in [3.05, 3.63) is 47.3 Å². The summed E-state index contributed by atoms with van der Waals surface area (Å²) in [5, 5.41) is 2.13. The highest BCUT2D eigenvalue weighted by Crippen LogP contribution is 2.27. The molecule has 1 aromatic carbocycles. The first-order valence-corrected chi connectivity index (χ1v) is 12.6. The van der Waals surface area contributed by atoms with Crippen LogP contribution in [0.15, 0.2) is 29.3 Å². The lowest BCUT2D eigenvalue weighted by molar-refractivity contribution is 0.101. The second-order valence-electron chi connectivity index (χ2n) is 7.43. The zero-order valence-electron chi connectivity index (χ0n) is 17.8. The monoisotopic (exact) mass is 527 g/mol. The molecule has 188 valence electrons. The van der Waals surface area contributed by atoms with Crippen LogP contribution in [-0.4, -0.2) is 57.8 Å². The van der Waals surface area contributed by atoms with Gasteiger partial charge in [0.15, 0.2) is 5.82 Å². The van der Waals surface area contributed by atoms with Crippen molar-refractivity contribution in [2.75, 3.05) is 25.5 Å². The largest absolute Gasteiger partial charge is 0.343 e. The van der Waals surface area contributed by atoms with Crippen LogP contribution < -0.4 is 14.8 Å². The molecule has 0 bridgehead atoms. The van der Waals surface area contributed by atoms with E-state index in [2.05, 4.69) is 14.8 Å². The first-order valence-electron chi connectivity index (χ1n) is 9.71. The predicted molar refractivity (Wildman–Crippen MR) is 113 cm³/mol. The van der Waals surface area contributed by atoms with E-state index < -0.39 is 66.4 Å².